The Balaban J connectivity index is 2.36. The molecule has 0 fully saturated rings. The first-order valence-corrected chi connectivity index (χ1v) is 5.27. The molecular formula is C12H12FN3O2. The molecule has 0 unspecified atom stereocenters. The molecule has 0 aliphatic rings. The largest absolute Gasteiger partial charge is 0.278 e. The van der Waals surface area contributed by atoms with Gasteiger partial charge in [0.15, 0.2) is 0 Å². The minimum Gasteiger partial charge on any atom is -0.277 e. The van der Waals surface area contributed by atoms with Crippen molar-refractivity contribution in [3.8, 4) is 5.69 Å². The second-order valence-electron chi connectivity index (χ2n) is 3.67. The van der Waals surface area contributed by atoms with E-state index >= 15 is 0 Å². The van der Waals surface area contributed by atoms with Crippen LogP contribution in [0.5, 0.6) is 0 Å². The average Bonchev–Trinajstić information content (AvgIpc) is 2.73. The number of hydrogen-bond acceptors (Lipinski definition) is 3. The highest BCUT2D eigenvalue weighted by Crippen LogP contribution is 2.14. The molecule has 1 N–H and O–H groups in total. The summed E-state index contributed by atoms with van der Waals surface area (Å²) in [5.41, 5.74) is 3.96. The van der Waals surface area contributed by atoms with E-state index < -0.39 is 0 Å². The third-order valence-electron chi connectivity index (χ3n) is 2.52. The Morgan fingerprint density at radius 2 is 2.06 bits per heavy atom. The molecule has 5 nitrogen and oxygen atoms in total. The Bertz CT molecular complexity index is 563. The Morgan fingerprint density at radius 1 is 1.39 bits per heavy atom. The Hall–Kier alpha value is -2.21. The first kappa shape index (κ1) is 12.3. The molecule has 1 aromatic heterocycles. The monoisotopic (exact) mass is 249 g/mol. The van der Waals surface area contributed by atoms with Gasteiger partial charge in [0.25, 0.3) is 5.91 Å². The van der Waals surface area contributed by atoms with Crippen LogP contribution in [0, 0.1) is 12.7 Å². The molecule has 2 aromatic rings. The van der Waals surface area contributed by atoms with Crippen molar-refractivity contribution >= 4 is 5.91 Å². The molecule has 0 bridgehead atoms. The van der Waals surface area contributed by atoms with Gasteiger partial charge in [0.05, 0.1) is 30.3 Å². The van der Waals surface area contributed by atoms with Crippen LogP contribution < -0.4 is 5.48 Å². The van der Waals surface area contributed by atoms with E-state index in [-0.39, 0.29) is 11.7 Å². The number of benzene rings is 1. The summed E-state index contributed by atoms with van der Waals surface area (Å²) in [6.07, 6.45) is 1.44. The zero-order valence-electron chi connectivity index (χ0n) is 9.98. The fourth-order valence-corrected chi connectivity index (χ4v) is 1.62. The standard InChI is InChI=1S/C12H12FN3O2/c1-8-11(12(17)15-18-2)7-14-16(8)10-5-3-9(13)4-6-10/h3-7H,1-2H3,(H,15,17). The Kier molecular flexibility index (Phi) is 3.38. The van der Waals surface area contributed by atoms with Gasteiger partial charge < -0.3 is 0 Å². The summed E-state index contributed by atoms with van der Waals surface area (Å²) in [5.74, 6) is -0.690. The number of carbonyl (C=O) groups is 1. The zero-order chi connectivity index (χ0) is 13.1. The lowest BCUT2D eigenvalue weighted by atomic mass is 10.2. The van der Waals surface area contributed by atoms with Crippen LogP contribution in [0.15, 0.2) is 30.5 Å². The van der Waals surface area contributed by atoms with Gasteiger partial charge in [-0.25, -0.2) is 14.6 Å². The van der Waals surface area contributed by atoms with Crippen molar-refractivity contribution in [1.29, 1.82) is 0 Å². The van der Waals surface area contributed by atoms with E-state index in [9.17, 15) is 9.18 Å². The quantitative estimate of drug-likeness (QED) is 0.841. The number of rotatable bonds is 3. The van der Waals surface area contributed by atoms with Crippen LogP contribution in [0.1, 0.15) is 16.1 Å². The second kappa shape index (κ2) is 4.97. The van der Waals surface area contributed by atoms with Crippen molar-refractivity contribution in [1.82, 2.24) is 15.3 Å². The minimum absolute atomic E-state index is 0.319. The molecule has 1 heterocycles. The molecule has 1 amide bonds. The predicted molar refractivity (Wildman–Crippen MR) is 62.7 cm³/mol. The van der Waals surface area contributed by atoms with Crippen molar-refractivity contribution in [2.45, 2.75) is 6.92 Å². The maximum absolute atomic E-state index is 12.8. The number of aromatic nitrogens is 2. The number of carbonyl (C=O) groups excluding carboxylic acids is 1. The number of hydrogen-bond donors (Lipinski definition) is 1. The first-order valence-electron chi connectivity index (χ1n) is 5.27. The van der Waals surface area contributed by atoms with E-state index in [1.807, 2.05) is 0 Å². The van der Waals surface area contributed by atoms with Gasteiger partial charge >= 0.3 is 0 Å². The zero-order valence-corrected chi connectivity index (χ0v) is 9.98. The van der Waals surface area contributed by atoms with Crippen molar-refractivity contribution in [3.63, 3.8) is 0 Å². The van der Waals surface area contributed by atoms with Crippen LogP contribution in [0.4, 0.5) is 4.39 Å². The van der Waals surface area contributed by atoms with Crippen molar-refractivity contribution in [2.24, 2.45) is 0 Å². The maximum Gasteiger partial charge on any atom is 0.278 e. The molecule has 0 spiro atoms. The Labute approximate surface area is 103 Å². The van der Waals surface area contributed by atoms with Gasteiger partial charge in [0, 0.05) is 0 Å². The van der Waals surface area contributed by atoms with E-state index in [0.717, 1.165) is 0 Å². The predicted octanol–water partition coefficient (Wildman–Crippen LogP) is 1.61. The van der Waals surface area contributed by atoms with Crippen LogP contribution in [-0.4, -0.2) is 22.8 Å². The fourth-order valence-electron chi connectivity index (χ4n) is 1.62. The molecule has 94 valence electrons. The van der Waals surface area contributed by atoms with Gasteiger partial charge in [0.2, 0.25) is 0 Å². The molecular weight excluding hydrogens is 237 g/mol. The highest BCUT2D eigenvalue weighted by molar-refractivity contribution is 5.94. The lowest BCUT2D eigenvalue weighted by molar-refractivity contribution is 0.0537. The SMILES string of the molecule is CONC(=O)c1cnn(-c2ccc(F)cc2)c1C. The molecule has 0 saturated carbocycles. The summed E-state index contributed by atoms with van der Waals surface area (Å²) in [6.45, 7) is 1.75. The number of nitrogens with zero attached hydrogens (tertiary/aromatic N) is 2. The van der Waals surface area contributed by atoms with Crippen molar-refractivity contribution in [3.05, 3.63) is 47.5 Å². The topological polar surface area (TPSA) is 56.1 Å². The van der Waals surface area contributed by atoms with E-state index in [0.29, 0.717) is 16.9 Å². The molecule has 0 radical (unpaired) electrons. The molecule has 0 aliphatic heterocycles. The fraction of sp³-hybridized carbons (Fsp3) is 0.167. The third-order valence-corrected chi connectivity index (χ3v) is 2.52. The average molecular weight is 249 g/mol. The summed E-state index contributed by atoms with van der Waals surface area (Å²) >= 11 is 0. The van der Waals surface area contributed by atoms with Gasteiger partial charge in [-0.05, 0) is 31.2 Å². The van der Waals surface area contributed by atoms with Gasteiger partial charge in [-0.1, -0.05) is 0 Å². The van der Waals surface area contributed by atoms with Gasteiger partial charge in [0.1, 0.15) is 5.82 Å². The van der Waals surface area contributed by atoms with Gasteiger partial charge in [-0.15, -0.1) is 0 Å². The molecule has 0 atom stereocenters. The summed E-state index contributed by atoms with van der Waals surface area (Å²) in [7, 11) is 1.36. The summed E-state index contributed by atoms with van der Waals surface area (Å²) in [6, 6.07) is 5.86. The number of amides is 1. The first-order chi connectivity index (χ1) is 8.63. The highest BCUT2D eigenvalue weighted by atomic mass is 19.1. The molecule has 0 saturated heterocycles. The Morgan fingerprint density at radius 3 is 2.67 bits per heavy atom. The second-order valence-corrected chi connectivity index (χ2v) is 3.67. The van der Waals surface area contributed by atoms with Crippen molar-refractivity contribution < 1.29 is 14.0 Å². The number of halogens is 1. The number of nitrogens with one attached hydrogen (secondary N) is 1. The van der Waals surface area contributed by atoms with Crippen molar-refractivity contribution in [2.75, 3.05) is 7.11 Å². The van der Waals surface area contributed by atoms with Crippen LogP contribution >= 0.6 is 0 Å². The summed E-state index contributed by atoms with van der Waals surface area (Å²) in [5, 5.41) is 4.10. The molecule has 1 aromatic carbocycles. The number of hydroxylamine groups is 1. The third kappa shape index (κ3) is 2.23. The van der Waals surface area contributed by atoms with E-state index in [1.54, 1.807) is 23.7 Å². The van der Waals surface area contributed by atoms with E-state index in [1.165, 1.54) is 25.4 Å². The lowest BCUT2D eigenvalue weighted by Crippen LogP contribution is -2.22. The summed E-state index contributed by atoms with van der Waals surface area (Å²) < 4.78 is 14.4. The van der Waals surface area contributed by atoms with E-state index in [4.69, 9.17) is 0 Å². The van der Waals surface area contributed by atoms with E-state index in [2.05, 4.69) is 15.4 Å². The molecule has 0 aliphatic carbocycles. The van der Waals surface area contributed by atoms with Crippen LogP contribution in [0.3, 0.4) is 0 Å². The maximum atomic E-state index is 12.8. The van der Waals surface area contributed by atoms with Crippen LogP contribution in [-0.2, 0) is 4.84 Å². The van der Waals surface area contributed by atoms with Gasteiger partial charge in [-0.3, -0.25) is 9.63 Å². The molecule has 6 heteroatoms. The lowest BCUT2D eigenvalue weighted by Gasteiger charge is -2.05. The minimum atomic E-state index is -0.372. The molecule has 18 heavy (non-hydrogen) atoms. The molecule has 2 rings (SSSR count). The van der Waals surface area contributed by atoms with Crippen LogP contribution in [0.25, 0.3) is 5.69 Å². The normalized spacial score (nSPS) is 10.4. The van der Waals surface area contributed by atoms with Crippen LogP contribution in [0.2, 0.25) is 0 Å². The summed E-state index contributed by atoms with van der Waals surface area (Å²) in [4.78, 5) is 16.2. The van der Waals surface area contributed by atoms with Gasteiger partial charge in [-0.2, -0.15) is 5.10 Å². The smallest absolute Gasteiger partial charge is 0.277 e. The highest BCUT2D eigenvalue weighted by Gasteiger charge is 2.14.